The smallest absolute Gasteiger partial charge is 0.0615 e. The third-order valence-electron chi connectivity index (χ3n) is 1.96. The van der Waals surface area contributed by atoms with E-state index in [1.165, 1.54) is 11.1 Å². The van der Waals surface area contributed by atoms with Crippen LogP contribution in [-0.2, 0) is 0 Å². The fourth-order valence-electron chi connectivity index (χ4n) is 1.10. The first-order chi connectivity index (χ1) is 5.65. The zero-order valence-electron chi connectivity index (χ0n) is 7.52. The van der Waals surface area contributed by atoms with E-state index in [9.17, 15) is 0 Å². The van der Waals surface area contributed by atoms with Crippen molar-refractivity contribution in [1.82, 2.24) is 0 Å². The summed E-state index contributed by atoms with van der Waals surface area (Å²) in [5.74, 6) is 0. The van der Waals surface area contributed by atoms with Crippen LogP contribution < -0.4 is 0 Å². The average Bonchev–Trinajstić information content (AvgIpc) is 2.01. The average molecular weight is 159 g/mol. The Kier molecular flexibility index (Phi) is 2.44. The lowest BCUT2D eigenvalue weighted by atomic mass is 9.95. The highest BCUT2D eigenvalue weighted by atomic mass is 14.4. The molecule has 1 rings (SSSR count). The van der Waals surface area contributed by atoms with E-state index in [0.717, 1.165) is 5.57 Å². The Hall–Kier alpha value is -1.37. The summed E-state index contributed by atoms with van der Waals surface area (Å²) < 4.78 is 0. The second kappa shape index (κ2) is 3.35. The minimum atomic E-state index is 0.568. The molecule has 0 aromatic rings. The van der Waals surface area contributed by atoms with Crippen molar-refractivity contribution in [1.29, 1.82) is 5.41 Å². The molecular weight excluding hydrogens is 146 g/mol. The quantitative estimate of drug-likeness (QED) is 0.608. The topological polar surface area (TPSA) is 23.9 Å². The van der Waals surface area contributed by atoms with Gasteiger partial charge in [0.2, 0.25) is 0 Å². The van der Waals surface area contributed by atoms with Crippen LogP contribution in [0.2, 0.25) is 0 Å². The van der Waals surface area contributed by atoms with E-state index in [4.69, 9.17) is 5.41 Å². The van der Waals surface area contributed by atoms with Crippen LogP contribution in [0.25, 0.3) is 0 Å². The van der Waals surface area contributed by atoms with Crippen LogP contribution in [0.5, 0.6) is 0 Å². The van der Waals surface area contributed by atoms with Gasteiger partial charge in [0.15, 0.2) is 0 Å². The molecule has 0 heterocycles. The van der Waals surface area contributed by atoms with E-state index in [-0.39, 0.29) is 0 Å². The molecule has 0 radical (unpaired) electrons. The highest BCUT2D eigenvalue weighted by molar-refractivity contribution is 6.10. The van der Waals surface area contributed by atoms with E-state index in [2.05, 4.69) is 13.5 Å². The Morgan fingerprint density at radius 1 is 1.25 bits per heavy atom. The number of rotatable bonds is 1. The summed E-state index contributed by atoms with van der Waals surface area (Å²) in [6.45, 7) is 7.68. The Morgan fingerprint density at radius 3 is 2.42 bits per heavy atom. The van der Waals surface area contributed by atoms with Gasteiger partial charge >= 0.3 is 0 Å². The van der Waals surface area contributed by atoms with Gasteiger partial charge in [0, 0.05) is 0 Å². The molecule has 1 aliphatic rings. The number of hydrogen-bond acceptors (Lipinski definition) is 1. The summed E-state index contributed by atoms with van der Waals surface area (Å²) in [4.78, 5) is 0. The zero-order chi connectivity index (χ0) is 9.14. The second-order valence-corrected chi connectivity index (χ2v) is 2.93. The predicted molar refractivity (Wildman–Crippen MR) is 53.5 cm³/mol. The van der Waals surface area contributed by atoms with Crippen molar-refractivity contribution < 1.29 is 0 Å². The van der Waals surface area contributed by atoms with E-state index in [0.29, 0.717) is 5.71 Å². The summed E-state index contributed by atoms with van der Waals surface area (Å²) in [6, 6.07) is 0. The number of nitrogens with one attached hydrogen (secondary N) is 1. The van der Waals surface area contributed by atoms with Gasteiger partial charge in [-0.2, -0.15) is 0 Å². The van der Waals surface area contributed by atoms with Gasteiger partial charge in [0.25, 0.3) is 0 Å². The van der Waals surface area contributed by atoms with Gasteiger partial charge in [-0.3, -0.25) is 0 Å². The van der Waals surface area contributed by atoms with Crippen LogP contribution in [0.15, 0.2) is 47.6 Å². The minimum Gasteiger partial charge on any atom is -0.300 e. The van der Waals surface area contributed by atoms with Crippen molar-refractivity contribution >= 4 is 5.71 Å². The first kappa shape index (κ1) is 8.72. The van der Waals surface area contributed by atoms with Gasteiger partial charge in [0.05, 0.1) is 5.71 Å². The zero-order valence-corrected chi connectivity index (χ0v) is 7.52. The molecule has 1 nitrogen and oxygen atoms in total. The molecular formula is C11H13N. The third kappa shape index (κ3) is 1.62. The Bertz CT molecular complexity index is 314. The fraction of sp³-hybridized carbons (Fsp3) is 0.182. The summed E-state index contributed by atoms with van der Waals surface area (Å²) in [5.41, 5.74) is 3.89. The first-order valence-electron chi connectivity index (χ1n) is 3.93. The minimum absolute atomic E-state index is 0.568. The van der Waals surface area contributed by atoms with Gasteiger partial charge in [-0.15, -0.1) is 0 Å². The van der Waals surface area contributed by atoms with E-state index < -0.39 is 0 Å². The maximum absolute atomic E-state index is 7.63. The molecule has 1 heteroatoms. The molecule has 0 saturated carbocycles. The third-order valence-corrected chi connectivity index (χ3v) is 1.96. The van der Waals surface area contributed by atoms with Gasteiger partial charge in [-0.25, -0.2) is 0 Å². The summed E-state index contributed by atoms with van der Waals surface area (Å²) >= 11 is 0. The Morgan fingerprint density at radius 2 is 1.83 bits per heavy atom. The molecule has 0 fully saturated rings. The second-order valence-electron chi connectivity index (χ2n) is 2.93. The van der Waals surface area contributed by atoms with Crippen LogP contribution in [0.4, 0.5) is 0 Å². The van der Waals surface area contributed by atoms with Gasteiger partial charge in [-0.05, 0) is 42.7 Å². The van der Waals surface area contributed by atoms with Gasteiger partial charge in [0.1, 0.15) is 0 Å². The molecule has 0 aromatic carbocycles. The molecule has 0 spiro atoms. The highest BCUT2D eigenvalue weighted by Gasteiger charge is 2.07. The largest absolute Gasteiger partial charge is 0.300 e. The van der Waals surface area contributed by atoms with Crippen LogP contribution in [0, 0.1) is 5.41 Å². The summed E-state index contributed by atoms with van der Waals surface area (Å²) in [6.07, 6.45) is 7.46. The van der Waals surface area contributed by atoms with Crippen molar-refractivity contribution in [3.63, 3.8) is 0 Å². The monoisotopic (exact) mass is 159 g/mol. The number of allylic oxidation sites excluding steroid dienone is 7. The lowest BCUT2D eigenvalue weighted by molar-refractivity contribution is 1.31. The molecule has 1 aliphatic carbocycles. The van der Waals surface area contributed by atoms with Crippen molar-refractivity contribution in [3.8, 4) is 0 Å². The molecule has 0 unspecified atom stereocenters. The Labute approximate surface area is 73.3 Å². The SMILES string of the molecule is C=C/C=C1/C=C(C)C(C)=CC1=N. The van der Waals surface area contributed by atoms with Crippen LogP contribution in [-0.4, -0.2) is 5.71 Å². The highest BCUT2D eigenvalue weighted by Crippen LogP contribution is 2.19. The molecule has 12 heavy (non-hydrogen) atoms. The molecule has 0 atom stereocenters. The van der Waals surface area contributed by atoms with Crippen LogP contribution in [0.3, 0.4) is 0 Å². The fourth-order valence-corrected chi connectivity index (χ4v) is 1.10. The standard InChI is InChI=1S/C11H13N/c1-4-5-10-6-8(2)9(3)7-11(10)12/h4-7,12H,1H2,2-3H3/b10-5-,12-11?. The molecule has 1 N–H and O–H groups in total. The molecule has 0 aromatic heterocycles. The molecule has 0 aliphatic heterocycles. The van der Waals surface area contributed by atoms with Crippen molar-refractivity contribution in [2.75, 3.05) is 0 Å². The summed E-state index contributed by atoms with van der Waals surface area (Å²) in [7, 11) is 0. The van der Waals surface area contributed by atoms with Gasteiger partial charge < -0.3 is 5.41 Å². The lowest BCUT2D eigenvalue weighted by Gasteiger charge is -2.11. The van der Waals surface area contributed by atoms with Crippen molar-refractivity contribution in [3.05, 3.63) is 47.6 Å². The molecule has 0 bridgehead atoms. The number of hydrogen-bond donors (Lipinski definition) is 1. The van der Waals surface area contributed by atoms with Gasteiger partial charge in [-0.1, -0.05) is 18.7 Å². The van der Waals surface area contributed by atoms with Crippen molar-refractivity contribution in [2.24, 2.45) is 0 Å². The first-order valence-corrected chi connectivity index (χ1v) is 3.93. The molecule has 0 amide bonds. The normalized spacial score (nSPS) is 20.5. The van der Waals surface area contributed by atoms with Crippen LogP contribution in [0.1, 0.15) is 13.8 Å². The van der Waals surface area contributed by atoms with E-state index in [1.807, 2.05) is 25.2 Å². The Balaban J connectivity index is 3.07. The predicted octanol–water partition coefficient (Wildman–Crippen LogP) is 3.02. The lowest BCUT2D eigenvalue weighted by Crippen LogP contribution is -2.02. The van der Waals surface area contributed by atoms with E-state index >= 15 is 0 Å². The molecule has 62 valence electrons. The summed E-state index contributed by atoms with van der Waals surface area (Å²) in [5, 5.41) is 7.63. The molecule has 0 saturated heterocycles. The van der Waals surface area contributed by atoms with E-state index in [1.54, 1.807) is 6.08 Å². The van der Waals surface area contributed by atoms with Crippen molar-refractivity contribution in [2.45, 2.75) is 13.8 Å². The van der Waals surface area contributed by atoms with Crippen LogP contribution >= 0.6 is 0 Å². The maximum Gasteiger partial charge on any atom is 0.0615 e. The maximum atomic E-state index is 7.63.